The minimum Gasteiger partial charge on any atom is -0.406 e. The molecule has 2 atom stereocenters. The van der Waals surface area contributed by atoms with Crippen LogP contribution < -0.4 is 44.9 Å². The van der Waals surface area contributed by atoms with E-state index in [4.69, 9.17) is 0 Å². The van der Waals surface area contributed by atoms with Crippen molar-refractivity contribution in [2.75, 3.05) is 40.1 Å². The average molecular weight is 1910 g/mol. The van der Waals surface area contributed by atoms with Crippen LogP contribution in [-0.2, 0) is 40.1 Å². The zero-order valence-corrected chi connectivity index (χ0v) is 76.0. The zero-order chi connectivity index (χ0) is 95.4. The third-order valence-electron chi connectivity index (χ3n) is 22.0. The second-order valence-electron chi connectivity index (χ2n) is 32.3. The predicted molar refractivity (Wildman–Crippen MR) is 499 cm³/mol. The number of nitrogens with one attached hydrogen (secondary N) is 3. The maximum atomic E-state index is 16.0. The van der Waals surface area contributed by atoms with E-state index in [2.05, 4.69) is 75.4 Å². The van der Waals surface area contributed by atoms with E-state index in [9.17, 15) is 58.7 Å². The lowest BCUT2D eigenvalue weighted by atomic mass is 9.96. The number of unbranched alkanes of at least 4 members (excludes halogenated alkanes) is 3. The molecule has 3 aliphatic heterocycles. The van der Waals surface area contributed by atoms with Gasteiger partial charge in [-0.25, -0.2) is 43.4 Å². The summed E-state index contributed by atoms with van der Waals surface area (Å²) in [6.45, 7) is 12.4. The number of hydrogen-bond donors (Lipinski definition) is 3. The Labute approximate surface area is 781 Å². The molecule has 12 aromatic rings. The van der Waals surface area contributed by atoms with Crippen LogP contribution >= 0.6 is 35.3 Å². The number of carbonyl (C=O) groups is 6. The molecule has 698 valence electrons. The van der Waals surface area contributed by atoms with Crippen molar-refractivity contribution in [2.24, 2.45) is 15.0 Å². The van der Waals surface area contributed by atoms with Crippen LogP contribution in [0.4, 0.5) is 71.0 Å². The number of amides is 9. The number of rotatable bonds is 32. The number of ether oxygens (including phenoxy) is 3. The molecule has 2 unspecified atom stereocenters. The Balaban J connectivity index is 0.638. The number of alkyl halides is 9. The molecule has 0 aliphatic carbocycles. The van der Waals surface area contributed by atoms with Gasteiger partial charge >= 0.3 is 37.2 Å². The highest BCUT2D eigenvalue weighted by atomic mass is 32.2. The van der Waals surface area contributed by atoms with Crippen molar-refractivity contribution >= 4 is 104 Å². The van der Waals surface area contributed by atoms with E-state index in [0.29, 0.717) is 155 Å². The van der Waals surface area contributed by atoms with Crippen molar-refractivity contribution in [3.8, 4) is 68.5 Å². The summed E-state index contributed by atoms with van der Waals surface area (Å²) in [7, 11) is 0. The molecule has 0 saturated carbocycles. The van der Waals surface area contributed by atoms with Gasteiger partial charge in [0.25, 0.3) is 11.8 Å². The minimum absolute atomic E-state index is 0.00939. The van der Waals surface area contributed by atoms with Gasteiger partial charge in [-0.05, 0) is 224 Å². The summed E-state index contributed by atoms with van der Waals surface area (Å²) in [5, 5.41) is 20.4. The highest BCUT2D eigenvalue weighted by Gasteiger charge is 2.46. The lowest BCUT2D eigenvalue weighted by molar-refractivity contribution is -0.275. The highest BCUT2D eigenvalue weighted by molar-refractivity contribution is 8.16. The van der Waals surface area contributed by atoms with Crippen LogP contribution in [-0.4, -0.2) is 140 Å². The Kier molecular flexibility index (Phi) is 29.8. The maximum absolute atomic E-state index is 16.0. The number of carbonyl (C=O) groups excluding carboxylic acids is 6. The van der Waals surface area contributed by atoms with Gasteiger partial charge in [0, 0.05) is 36.3 Å². The molecule has 3 fully saturated rings. The second-order valence-corrected chi connectivity index (χ2v) is 35.4. The van der Waals surface area contributed by atoms with Crippen LogP contribution in [0, 0.1) is 6.92 Å². The Morgan fingerprint density at radius 1 is 0.422 bits per heavy atom. The molecule has 3 saturated heterocycles. The summed E-state index contributed by atoms with van der Waals surface area (Å²) in [4.78, 5) is 119. The zero-order valence-electron chi connectivity index (χ0n) is 73.5. The van der Waals surface area contributed by atoms with E-state index < -0.39 is 59.5 Å². The van der Waals surface area contributed by atoms with E-state index in [-0.39, 0.29) is 75.9 Å². The molecular weight excluding hydrogens is 1820 g/mol. The lowest BCUT2D eigenvalue weighted by Gasteiger charge is -2.24. The van der Waals surface area contributed by atoms with Gasteiger partial charge < -0.3 is 30.2 Å². The summed E-state index contributed by atoms with van der Waals surface area (Å²) in [5.41, 5.74) is 11.7. The SMILES string of the molecule is CCc1ccc(C2SC(=NC(=O)NCCCCc3ccc(-c4ncn(-c5ccc(OC(F)(F)F)cc5)n4)cc3)N(c3cc(C4SC(=NC(=O)NCCCCc5ccc(-c6ncn(-c7ccc(OC(F)(F)F)cc7)n6)cc5)N(c5cc(C)ccc5C(C)C)C4=O)ccc3C(C)C)C2=O)cc1N1C(=O)CSC1=NC(=O)NCCCCc1ccc(-c2ncn(-c3ccc(OC(F)(F)F)cc3)n2)cc1. The molecule has 0 bridgehead atoms. The van der Waals surface area contributed by atoms with Gasteiger partial charge in [-0.15, -0.1) is 54.8 Å². The first-order valence-corrected chi connectivity index (χ1v) is 46.0. The number of aryl methyl sites for hydroxylation is 5. The number of halogens is 9. The minimum atomic E-state index is -4.84. The van der Waals surface area contributed by atoms with Crippen molar-refractivity contribution < 1.29 is 82.5 Å². The fraction of sp³-hybridized carbons (Fsp3) is 0.281. The Morgan fingerprint density at radius 3 is 1.12 bits per heavy atom. The van der Waals surface area contributed by atoms with E-state index in [0.717, 1.165) is 63.1 Å². The van der Waals surface area contributed by atoms with E-state index in [1.807, 2.05) is 151 Å². The highest BCUT2D eigenvalue weighted by Crippen LogP contribution is 2.50. The molecule has 39 heteroatoms. The standard InChI is InChI=1S/C96H89F9N18O9S3/c1-7-63-30-31-67(51-77(63)121-80(124)53-133-91(121)112-88(127)106-47-11-8-14-60-18-24-64(25-19-60)83-109-54-118(115-83)69-33-39-72(40-34-69)130-94(97,98)99)81-87(126)123(93(134-81)114-90(129)108-49-13-10-16-62-22-28-66(29-23-62)85-111-56-120(117-85)71-37-43-74(44-38-71)132-96(103,104)105)79-52-68(32-46-76(79)58(4)5)82-86(125)122(78-50-59(6)17-45-75(78)57(2)3)92(135-82)113-89(128)107-48-12-9-15-61-20-26-65(27-21-61)84-110-55-119(116-84)70-35-41-73(42-36-70)131-95(100,101)102/h17-46,50-52,54-58,81-82H,7-16,47-49,53H2,1-6H3,(H,106,127)(H,107,128)(H,108,129). The summed E-state index contributed by atoms with van der Waals surface area (Å²) in [6, 6.07) is 52.9. The van der Waals surface area contributed by atoms with Gasteiger partial charge in [0.15, 0.2) is 33.0 Å². The molecular formula is C96H89F9N18O9S3. The first-order chi connectivity index (χ1) is 64.7. The molecule has 135 heavy (non-hydrogen) atoms. The lowest BCUT2D eigenvalue weighted by Crippen LogP contribution is -2.34. The molecule has 3 N–H and O–H groups in total. The monoisotopic (exact) mass is 1900 g/mol. The van der Waals surface area contributed by atoms with Crippen LogP contribution in [0.15, 0.2) is 234 Å². The Bertz CT molecular complexity index is 6410. The molecule has 9 aromatic carbocycles. The molecule has 6 heterocycles. The van der Waals surface area contributed by atoms with Crippen molar-refractivity contribution in [1.29, 1.82) is 0 Å². The fourth-order valence-electron chi connectivity index (χ4n) is 15.3. The fourth-order valence-corrected chi connectivity index (χ4v) is 18.4. The smallest absolute Gasteiger partial charge is 0.406 e. The second kappa shape index (κ2) is 42.1. The van der Waals surface area contributed by atoms with Gasteiger partial charge in [-0.3, -0.25) is 29.1 Å². The third-order valence-corrected chi connectivity index (χ3v) is 25.3. The van der Waals surface area contributed by atoms with Crippen LogP contribution in [0.1, 0.15) is 146 Å². The molecule has 0 spiro atoms. The number of aliphatic imine (C=N–C) groups is 3. The van der Waals surface area contributed by atoms with Crippen molar-refractivity contribution in [3.05, 3.63) is 269 Å². The van der Waals surface area contributed by atoms with Gasteiger partial charge in [0.2, 0.25) is 5.91 Å². The van der Waals surface area contributed by atoms with Crippen molar-refractivity contribution in [3.63, 3.8) is 0 Å². The first-order valence-electron chi connectivity index (χ1n) is 43.3. The maximum Gasteiger partial charge on any atom is 0.573 e. The van der Waals surface area contributed by atoms with Gasteiger partial charge in [-0.1, -0.05) is 179 Å². The van der Waals surface area contributed by atoms with E-state index in [1.165, 1.54) is 121 Å². The molecule has 3 aliphatic rings. The summed E-state index contributed by atoms with van der Waals surface area (Å²) in [6.07, 6.45) is -4.08. The molecule has 9 amide bonds. The van der Waals surface area contributed by atoms with E-state index >= 15 is 9.59 Å². The first kappa shape index (κ1) is 95.7. The summed E-state index contributed by atoms with van der Waals surface area (Å²) in [5.74, 6) is -1.58. The number of hydrogen-bond acceptors (Lipinski definition) is 18. The van der Waals surface area contributed by atoms with Gasteiger partial charge in [0.05, 0.1) is 39.9 Å². The van der Waals surface area contributed by atoms with Gasteiger partial charge in [-0.2, -0.15) is 15.0 Å². The van der Waals surface area contributed by atoms with Crippen LogP contribution in [0.3, 0.4) is 0 Å². The number of amidine groups is 3. The Hall–Kier alpha value is -14.0. The van der Waals surface area contributed by atoms with Crippen LogP contribution in [0.5, 0.6) is 17.2 Å². The number of anilines is 3. The van der Waals surface area contributed by atoms with E-state index in [1.54, 1.807) is 18.2 Å². The normalized spacial score (nSPS) is 15.8. The number of aromatic nitrogens is 9. The van der Waals surface area contributed by atoms with Crippen LogP contribution in [0.25, 0.3) is 51.2 Å². The third kappa shape index (κ3) is 24.4. The summed E-state index contributed by atoms with van der Waals surface area (Å²) < 4.78 is 131. The van der Waals surface area contributed by atoms with Crippen molar-refractivity contribution in [1.82, 2.24) is 60.2 Å². The molecule has 3 aromatic heterocycles. The largest absolute Gasteiger partial charge is 0.573 e. The number of benzene rings is 9. The number of thioether (sulfide) groups is 3. The molecule has 27 nitrogen and oxygen atoms in total. The quantitative estimate of drug-likeness (QED) is 0.0261. The van der Waals surface area contributed by atoms with Crippen molar-refractivity contribution in [2.45, 2.75) is 147 Å². The topological polar surface area (TPSA) is 305 Å². The summed E-state index contributed by atoms with van der Waals surface area (Å²) >= 11 is 3.19. The number of nitrogens with zero attached hydrogens (tertiary/aromatic N) is 15. The number of urea groups is 3. The molecule has 0 radical (unpaired) electrons. The van der Waals surface area contributed by atoms with Gasteiger partial charge in [0.1, 0.15) is 46.7 Å². The van der Waals surface area contributed by atoms with Crippen LogP contribution in [0.2, 0.25) is 0 Å². The average Bonchev–Trinajstić information content (AvgIpc) is 1.60. The molecule has 15 rings (SSSR count). The predicted octanol–water partition coefficient (Wildman–Crippen LogP) is 21.2. The Morgan fingerprint density at radius 2 is 0.763 bits per heavy atom.